The third-order valence-electron chi connectivity index (χ3n) is 1.56. The van der Waals surface area contributed by atoms with Crippen molar-refractivity contribution in [2.45, 2.75) is 13.0 Å². The van der Waals surface area contributed by atoms with E-state index in [1.807, 2.05) is 31.2 Å². The average Bonchev–Trinajstić information content (AvgIpc) is 2.05. The Morgan fingerprint density at radius 2 is 2.33 bits per heavy atom. The summed E-state index contributed by atoms with van der Waals surface area (Å²) in [5, 5.41) is 3.60. The van der Waals surface area contributed by atoms with Gasteiger partial charge in [0.1, 0.15) is 0 Å². The third kappa shape index (κ3) is 2.26. The van der Waals surface area contributed by atoms with E-state index in [-0.39, 0.29) is 6.04 Å². The van der Waals surface area contributed by atoms with Gasteiger partial charge in [-0.15, -0.1) is 0 Å². The maximum Gasteiger partial charge on any atom is 0.0597 e. The summed E-state index contributed by atoms with van der Waals surface area (Å²) in [6.45, 7) is 1.86. The Kier molecular flexibility index (Phi) is 3.14. The maximum absolute atomic E-state index is 8.21. The highest BCUT2D eigenvalue weighted by atomic mass is 79.9. The molecule has 1 rings (SSSR count). The molecule has 0 aliphatic carbocycles. The minimum atomic E-state index is -0.104. The fraction of sp³-hybridized carbons (Fsp3) is 0.250. The number of azide groups is 1. The number of hydrogen-bond donors (Lipinski definition) is 0. The van der Waals surface area contributed by atoms with Crippen LogP contribution in [0.3, 0.4) is 0 Å². The Morgan fingerprint density at radius 3 is 2.92 bits per heavy atom. The van der Waals surface area contributed by atoms with Crippen molar-refractivity contribution >= 4 is 15.9 Å². The highest BCUT2D eigenvalue weighted by Gasteiger charge is 2.01. The highest BCUT2D eigenvalue weighted by Crippen LogP contribution is 2.20. The van der Waals surface area contributed by atoms with E-state index in [4.69, 9.17) is 5.53 Å². The number of benzene rings is 1. The molecule has 0 aliphatic rings. The molecule has 1 aromatic rings. The second-order valence-electron chi connectivity index (χ2n) is 2.44. The van der Waals surface area contributed by atoms with Gasteiger partial charge in [-0.3, -0.25) is 0 Å². The Bertz CT molecular complexity index is 318. The van der Waals surface area contributed by atoms with Gasteiger partial charge in [0.15, 0.2) is 0 Å². The molecule has 0 saturated heterocycles. The monoisotopic (exact) mass is 225 g/mol. The molecule has 0 N–H and O–H groups in total. The van der Waals surface area contributed by atoms with Crippen LogP contribution in [0, 0.1) is 0 Å². The van der Waals surface area contributed by atoms with Crippen LogP contribution < -0.4 is 0 Å². The minimum Gasteiger partial charge on any atom is -0.0862 e. The summed E-state index contributed by atoms with van der Waals surface area (Å²) in [4.78, 5) is 2.75. The lowest BCUT2D eigenvalue weighted by molar-refractivity contribution is 0.807. The van der Waals surface area contributed by atoms with Crippen molar-refractivity contribution in [3.63, 3.8) is 0 Å². The Morgan fingerprint density at radius 1 is 1.58 bits per heavy atom. The molecule has 62 valence electrons. The number of hydrogen-bond acceptors (Lipinski definition) is 1. The quantitative estimate of drug-likeness (QED) is 0.418. The molecule has 4 heteroatoms. The Balaban J connectivity index is 2.94. The van der Waals surface area contributed by atoms with Crippen LogP contribution in [-0.4, -0.2) is 0 Å². The summed E-state index contributed by atoms with van der Waals surface area (Å²) in [5.41, 5.74) is 9.23. The molecule has 0 unspecified atom stereocenters. The first kappa shape index (κ1) is 9.10. The smallest absolute Gasteiger partial charge is 0.0597 e. The Labute approximate surface area is 79.2 Å². The normalized spacial score (nSPS) is 11.8. The molecule has 12 heavy (non-hydrogen) atoms. The van der Waals surface area contributed by atoms with Gasteiger partial charge in [-0.2, -0.15) is 0 Å². The van der Waals surface area contributed by atoms with Gasteiger partial charge in [0.05, 0.1) is 6.04 Å². The molecule has 3 nitrogen and oxygen atoms in total. The van der Waals surface area contributed by atoms with Gasteiger partial charge in [0.2, 0.25) is 0 Å². The van der Waals surface area contributed by atoms with Crippen molar-refractivity contribution in [1.82, 2.24) is 0 Å². The molecular formula is C8H8BrN3. The van der Waals surface area contributed by atoms with Crippen LogP contribution in [0.1, 0.15) is 18.5 Å². The summed E-state index contributed by atoms with van der Waals surface area (Å²) in [6.07, 6.45) is 0. The maximum atomic E-state index is 8.21. The SMILES string of the molecule is C[C@H](N=[N+]=[N-])c1cccc(Br)c1. The second kappa shape index (κ2) is 4.14. The van der Waals surface area contributed by atoms with Gasteiger partial charge < -0.3 is 0 Å². The zero-order valence-electron chi connectivity index (χ0n) is 6.61. The third-order valence-corrected chi connectivity index (χ3v) is 2.05. The van der Waals surface area contributed by atoms with Crippen LogP contribution in [0.25, 0.3) is 10.4 Å². The van der Waals surface area contributed by atoms with Crippen LogP contribution in [0.4, 0.5) is 0 Å². The second-order valence-corrected chi connectivity index (χ2v) is 3.35. The summed E-state index contributed by atoms with van der Waals surface area (Å²) in [6, 6.07) is 7.63. The molecule has 1 aromatic carbocycles. The van der Waals surface area contributed by atoms with Crippen molar-refractivity contribution in [3.8, 4) is 0 Å². The zero-order chi connectivity index (χ0) is 8.97. The predicted molar refractivity (Wildman–Crippen MR) is 51.7 cm³/mol. The van der Waals surface area contributed by atoms with E-state index in [2.05, 4.69) is 26.0 Å². The molecule has 0 bridgehead atoms. The minimum absolute atomic E-state index is 0.104. The van der Waals surface area contributed by atoms with E-state index in [1.165, 1.54) is 0 Å². The van der Waals surface area contributed by atoms with Gasteiger partial charge in [-0.1, -0.05) is 40.1 Å². The van der Waals surface area contributed by atoms with Crippen LogP contribution >= 0.6 is 15.9 Å². The van der Waals surface area contributed by atoms with Gasteiger partial charge in [0, 0.05) is 9.38 Å². The van der Waals surface area contributed by atoms with Gasteiger partial charge in [0.25, 0.3) is 0 Å². The molecule has 0 heterocycles. The fourth-order valence-corrected chi connectivity index (χ4v) is 1.33. The van der Waals surface area contributed by atoms with E-state index in [1.54, 1.807) is 0 Å². The summed E-state index contributed by atoms with van der Waals surface area (Å²) < 4.78 is 1.000. The van der Waals surface area contributed by atoms with Crippen LogP contribution in [0.5, 0.6) is 0 Å². The molecule has 0 spiro atoms. The molecule has 0 amide bonds. The molecular weight excluding hydrogens is 218 g/mol. The molecule has 0 aromatic heterocycles. The molecule has 0 saturated carbocycles. The van der Waals surface area contributed by atoms with E-state index in [0.29, 0.717) is 0 Å². The topological polar surface area (TPSA) is 48.8 Å². The fourth-order valence-electron chi connectivity index (χ4n) is 0.911. The van der Waals surface area contributed by atoms with E-state index >= 15 is 0 Å². The molecule has 0 fully saturated rings. The summed E-state index contributed by atoms with van der Waals surface area (Å²) in [5.74, 6) is 0. The largest absolute Gasteiger partial charge is 0.0862 e. The zero-order valence-corrected chi connectivity index (χ0v) is 8.19. The van der Waals surface area contributed by atoms with Crippen LogP contribution in [0.2, 0.25) is 0 Å². The number of nitrogens with zero attached hydrogens (tertiary/aromatic N) is 3. The van der Waals surface area contributed by atoms with Crippen molar-refractivity contribution in [3.05, 3.63) is 44.7 Å². The summed E-state index contributed by atoms with van der Waals surface area (Å²) >= 11 is 3.35. The van der Waals surface area contributed by atoms with Crippen LogP contribution in [0.15, 0.2) is 33.9 Å². The average molecular weight is 226 g/mol. The lowest BCUT2D eigenvalue weighted by Gasteiger charge is -2.03. The van der Waals surface area contributed by atoms with Crippen molar-refractivity contribution in [2.75, 3.05) is 0 Å². The van der Waals surface area contributed by atoms with Crippen LogP contribution in [-0.2, 0) is 0 Å². The van der Waals surface area contributed by atoms with E-state index < -0.39 is 0 Å². The van der Waals surface area contributed by atoms with E-state index in [9.17, 15) is 0 Å². The standard InChI is InChI=1S/C8H8BrN3/c1-6(11-12-10)7-3-2-4-8(9)5-7/h2-6H,1H3/t6-/m0/s1. The lowest BCUT2D eigenvalue weighted by Crippen LogP contribution is -1.86. The van der Waals surface area contributed by atoms with Crippen molar-refractivity contribution < 1.29 is 0 Å². The first-order chi connectivity index (χ1) is 5.74. The highest BCUT2D eigenvalue weighted by molar-refractivity contribution is 9.10. The Hall–Kier alpha value is -0.990. The lowest BCUT2D eigenvalue weighted by atomic mass is 10.1. The molecule has 0 aliphatic heterocycles. The predicted octanol–water partition coefficient (Wildman–Crippen LogP) is 3.82. The first-order valence-corrected chi connectivity index (χ1v) is 4.33. The molecule has 1 atom stereocenters. The first-order valence-electron chi connectivity index (χ1n) is 3.53. The van der Waals surface area contributed by atoms with Gasteiger partial charge >= 0.3 is 0 Å². The van der Waals surface area contributed by atoms with E-state index in [0.717, 1.165) is 10.0 Å². The molecule has 0 radical (unpaired) electrons. The van der Waals surface area contributed by atoms with Gasteiger partial charge in [-0.05, 0) is 23.2 Å². The number of rotatable bonds is 2. The van der Waals surface area contributed by atoms with Crippen molar-refractivity contribution in [1.29, 1.82) is 0 Å². The van der Waals surface area contributed by atoms with Gasteiger partial charge in [-0.25, -0.2) is 0 Å². The summed E-state index contributed by atoms with van der Waals surface area (Å²) in [7, 11) is 0. The number of halogens is 1. The van der Waals surface area contributed by atoms with Crippen molar-refractivity contribution in [2.24, 2.45) is 5.11 Å².